The molecule has 98 valence electrons. The first-order chi connectivity index (χ1) is 8.63. The highest BCUT2D eigenvalue weighted by molar-refractivity contribution is 5.96. The molecule has 0 aliphatic carbocycles. The molecule has 1 aromatic heterocycles. The summed E-state index contributed by atoms with van der Waals surface area (Å²) in [5, 5.41) is 2.77. The van der Waals surface area contributed by atoms with E-state index in [2.05, 4.69) is 5.32 Å². The van der Waals surface area contributed by atoms with Crippen LogP contribution in [0.4, 0.5) is 0 Å². The van der Waals surface area contributed by atoms with E-state index in [1.807, 2.05) is 6.92 Å². The number of piperazine rings is 1. The molecule has 1 aliphatic heterocycles. The fourth-order valence-electron chi connectivity index (χ4n) is 2.17. The molecule has 0 bridgehead atoms. The van der Waals surface area contributed by atoms with Crippen LogP contribution in [0.3, 0.4) is 0 Å². The van der Waals surface area contributed by atoms with Gasteiger partial charge in [-0.2, -0.15) is 0 Å². The van der Waals surface area contributed by atoms with Gasteiger partial charge in [0, 0.05) is 12.1 Å². The Balaban J connectivity index is 2.14. The van der Waals surface area contributed by atoms with Gasteiger partial charge in [0.2, 0.25) is 11.8 Å². The summed E-state index contributed by atoms with van der Waals surface area (Å²) < 4.78 is 4.99. The van der Waals surface area contributed by atoms with Crippen LogP contribution in [0.15, 0.2) is 23.0 Å². The molecule has 1 aliphatic rings. The standard InChI is InChI=1S/C13H18N2O3/c1-3-4-11-13(17)15(9(2)12(16)14-11)7-10-5-6-18-8-10/h5-6,8-9,11H,3-4,7H2,1-2H3,(H,14,16). The van der Waals surface area contributed by atoms with Crippen molar-refractivity contribution in [1.29, 1.82) is 0 Å². The summed E-state index contributed by atoms with van der Waals surface area (Å²) in [6.45, 7) is 4.16. The van der Waals surface area contributed by atoms with Crippen molar-refractivity contribution in [1.82, 2.24) is 10.2 Å². The minimum Gasteiger partial charge on any atom is -0.472 e. The number of furan rings is 1. The lowest BCUT2D eigenvalue weighted by Crippen LogP contribution is -2.61. The maximum atomic E-state index is 12.3. The molecular formula is C13H18N2O3. The molecule has 2 unspecified atom stereocenters. The molecule has 0 aromatic carbocycles. The van der Waals surface area contributed by atoms with Gasteiger partial charge in [0.15, 0.2) is 0 Å². The number of nitrogens with one attached hydrogen (secondary N) is 1. The molecule has 0 spiro atoms. The van der Waals surface area contributed by atoms with Gasteiger partial charge in [-0.25, -0.2) is 0 Å². The van der Waals surface area contributed by atoms with Crippen molar-refractivity contribution >= 4 is 11.8 Å². The maximum absolute atomic E-state index is 12.3. The molecule has 2 rings (SSSR count). The van der Waals surface area contributed by atoms with Crippen LogP contribution in [-0.4, -0.2) is 28.8 Å². The molecule has 2 amide bonds. The van der Waals surface area contributed by atoms with Gasteiger partial charge < -0.3 is 14.6 Å². The molecule has 18 heavy (non-hydrogen) atoms. The van der Waals surface area contributed by atoms with Gasteiger partial charge >= 0.3 is 0 Å². The summed E-state index contributed by atoms with van der Waals surface area (Å²) in [5.74, 6) is -0.0957. The van der Waals surface area contributed by atoms with Crippen molar-refractivity contribution in [3.63, 3.8) is 0 Å². The summed E-state index contributed by atoms with van der Waals surface area (Å²) in [4.78, 5) is 25.7. The average molecular weight is 250 g/mol. The zero-order chi connectivity index (χ0) is 13.1. The zero-order valence-corrected chi connectivity index (χ0v) is 10.7. The molecule has 1 N–H and O–H groups in total. The molecule has 1 fully saturated rings. The van der Waals surface area contributed by atoms with Gasteiger partial charge in [0.1, 0.15) is 12.1 Å². The molecule has 5 heteroatoms. The molecule has 1 saturated heterocycles. The fraction of sp³-hybridized carbons (Fsp3) is 0.538. The number of rotatable bonds is 4. The molecular weight excluding hydrogens is 232 g/mol. The number of hydrogen-bond acceptors (Lipinski definition) is 3. The Bertz CT molecular complexity index is 427. The lowest BCUT2D eigenvalue weighted by atomic mass is 10.0. The summed E-state index contributed by atoms with van der Waals surface area (Å²) in [7, 11) is 0. The van der Waals surface area contributed by atoms with E-state index in [0.29, 0.717) is 13.0 Å². The average Bonchev–Trinajstić information content (AvgIpc) is 2.85. The normalized spacial score (nSPS) is 24.2. The van der Waals surface area contributed by atoms with Crippen molar-refractivity contribution in [3.8, 4) is 0 Å². The largest absolute Gasteiger partial charge is 0.472 e. The number of hydrogen-bond donors (Lipinski definition) is 1. The van der Waals surface area contributed by atoms with Gasteiger partial charge in [-0.1, -0.05) is 13.3 Å². The van der Waals surface area contributed by atoms with Crippen molar-refractivity contribution in [2.24, 2.45) is 0 Å². The van der Waals surface area contributed by atoms with Crippen molar-refractivity contribution in [2.45, 2.75) is 45.3 Å². The quantitative estimate of drug-likeness (QED) is 0.876. The SMILES string of the molecule is CCCC1NC(=O)C(C)N(Cc2ccoc2)C1=O. The van der Waals surface area contributed by atoms with Crippen molar-refractivity contribution < 1.29 is 14.0 Å². The van der Waals surface area contributed by atoms with Crippen LogP contribution in [0.1, 0.15) is 32.3 Å². The lowest BCUT2D eigenvalue weighted by Gasteiger charge is -2.37. The van der Waals surface area contributed by atoms with Gasteiger partial charge in [-0.05, 0) is 19.4 Å². The number of carbonyl (C=O) groups is 2. The van der Waals surface area contributed by atoms with E-state index in [-0.39, 0.29) is 17.9 Å². The Morgan fingerprint density at radius 1 is 1.44 bits per heavy atom. The summed E-state index contributed by atoms with van der Waals surface area (Å²) in [6, 6.07) is 0.993. The summed E-state index contributed by atoms with van der Waals surface area (Å²) >= 11 is 0. The topological polar surface area (TPSA) is 62.6 Å². The van der Waals surface area contributed by atoms with Gasteiger partial charge in [0.25, 0.3) is 0 Å². The minimum absolute atomic E-state index is 0.00912. The monoisotopic (exact) mass is 250 g/mol. The van der Waals surface area contributed by atoms with Crippen LogP contribution in [0.2, 0.25) is 0 Å². The van der Waals surface area contributed by atoms with E-state index in [1.54, 1.807) is 30.4 Å². The van der Waals surface area contributed by atoms with Crippen LogP contribution in [0.25, 0.3) is 0 Å². The van der Waals surface area contributed by atoms with Crippen LogP contribution in [0, 0.1) is 0 Å². The Morgan fingerprint density at radius 3 is 2.83 bits per heavy atom. The van der Waals surface area contributed by atoms with E-state index >= 15 is 0 Å². The minimum atomic E-state index is -0.430. The molecule has 0 saturated carbocycles. The van der Waals surface area contributed by atoms with Crippen LogP contribution >= 0.6 is 0 Å². The van der Waals surface area contributed by atoms with E-state index in [4.69, 9.17) is 4.42 Å². The highest BCUT2D eigenvalue weighted by Crippen LogP contribution is 2.16. The first-order valence-electron chi connectivity index (χ1n) is 6.25. The predicted molar refractivity (Wildman–Crippen MR) is 65.6 cm³/mol. The molecule has 2 atom stereocenters. The second-order valence-corrected chi connectivity index (χ2v) is 4.62. The first kappa shape index (κ1) is 12.7. The van der Waals surface area contributed by atoms with E-state index in [0.717, 1.165) is 12.0 Å². The smallest absolute Gasteiger partial charge is 0.246 e. The Kier molecular flexibility index (Phi) is 3.69. The summed E-state index contributed by atoms with van der Waals surface area (Å²) in [5.41, 5.74) is 0.903. The van der Waals surface area contributed by atoms with Crippen LogP contribution in [0.5, 0.6) is 0 Å². The molecule has 0 radical (unpaired) electrons. The molecule has 1 aromatic rings. The zero-order valence-electron chi connectivity index (χ0n) is 10.7. The Hall–Kier alpha value is -1.78. The number of nitrogens with zero attached hydrogens (tertiary/aromatic N) is 1. The highest BCUT2D eigenvalue weighted by atomic mass is 16.3. The van der Waals surface area contributed by atoms with E-state index in [1.165, 1.54) is 0 Å². The van der Waals surface area contributed by atoms with Crippen LogP contribution in [-0.2, 0) is 16.1 Å². The first-order valence-corrected chi connectivity index (χ1v) is 6.25. The summed E-state index contributed by atoms with van der Waals surface area (Å²) in [6.07, 6.45) is 4.71. The third-order valence-corrected chi connectivity index (χ3v) is 3.25. The van der Waals surface area contributed by atoms with E-state index < -0.39 is 6.04 Å². The third-order valence-electron chi connectivity index (χ3n) is 3.25. The maximum Gasteiger partial charge on any atom is 0.246 e. The number of carbonyl (C=O) groups excluding carboxylic acids is 2. The Labute approximate surface area is 106 Å². The van der Waals surface area contributed by atoms with Crippen molar-refractivity contribution in [3.05, 3.63) is 24.2 Å². The number of amides is 2. The van der Waals surface area contributed by atoms with Gasteiger partial charge in [-0.15, -0.1) is 0 Å². The van der Waals surface area contributed by atoms with Gasteiger partial charge in [-0.3, -0.25) is 9.59 Å². The second kappa shape index (κ2) is 5.25. The molecule has 2 heterocycles. The fourth-order valence-corrected chi connectivity index (χ4v) is 2.17. The van der Waals surface area contributed by atoms with E-state index in [9.17, 15) is 9.59 Å². The highest BCUT2D eigenvalue weighted by Gasteiger charge is 2.37. The predicted octanol–water partition coefficient (Wildman–Crippen LogP) is 1.30. The van der Waals surface area contributed by atoms with Crippen molar-refractivity contribution in [2.75, 3.05) is 0 Å². The second-order valence-electron chi connectivity index (χ2n) is 4.62. The molecule has 5 nitrogen and oxygen atoms in total. The van der Waals surface area contributed by atoms with Crippen LogP contribution < -0.4 is 5.32 Å². The third kappa shape index (κ3) is 2.39. The van der Waals surface area contributed by atoms with Gasteiger partial charge in [0.05, 0.1) is 12.5 Å². The Morgan fingerprint density at radius 2 is 2.22 bits per heavy atom. The lowest BCUT2D eigenvalue weighted by molar-refractivity contribution is -0.149.